The second-order valence-electron chi connectivity index (χ2n) is 4.08. The van der Waals surface area contributed by atoms with Crippen molar-refractivity contribution in [1.29, 1.82) is 0 Å². The highest BCUT2D eigenvalue weighted by atomic mass is 16.5. The van der Waals surface area contributed by atoms with Crippen LogP contribution in [0, 0.1) is 13.8 Å². The number of ether oxygens (including phenoxy) is 1. The number of nitrogens with one attached hydrogen (secondary N) is 1. The Hall–Kier alpha value is -1.88. The van der Waals surface area contributed by atoms with Crippen LogP contribution in [0.15, 0.2) is 12.1 Å². The molecule has 0 amide bonds. The third-order valence-electron chi connectivity index (χ3n) is 2.49. The molecule has 0 aliphatic rings. The number of carbonyl (C=O) groups is 2. The van der Waals surface area contributed by atoms with Crippen LogP contribution >= 0.6 is 0 Å². The summed E-state index contributed by atoms with van der Waals surface area (Å²) in [4.78, 5) is 22.3. The van der Waals surface area contributed by atoms with Gasteiger partial charge in [0, 0.05) is 0 Å². The molecule has 0 aromatic heterocycles. The minimum Gasteiger partial charge on any atom is -0.496 e. The van der Waals surface area contributed by atoms with Crippen molar-refractivity contribution in [2.75, 3.05) is 20.2 Å². The van der Waals surface area contributed by atoms with Crippen LogP contribution in [-0.4, -0.2) is 37.1 Å². The predicted molar refractivity (Wildman–Crippen MR) is 67.3 cm³/mol. The van der Waals surface area contributed by atoms with Gasteiger partial charge in [-0.15, -0.1) is 0 Å². The van der Waals surface area contributed by atoms with E-state index in [1.54, 1.807) is 6.07 Å². The lowest BCUT2D eigenvalue weighted by atomic mass is 10.0. The first-order chi connectivity index (χ1) is 8.45. The van der Waals surface area contributed by atoms with Crippen molar-refractivity contribution < 1.29 is 19.4 Å². The van der Waals surface area contributed by atoms with Gasteiger partial charge >= 0.3 is 5.97 Å². The molecule has 5 nitrogen and oxygen atoms in total. The molecule has 0 saturated carbocycles. The molecule has 1 aromatic carbocycles. The van der Waals surface area contributed by atoms with Crippen LogP contribution in [0.5, 0.6) is 5.75 Å². The van der Waals surface area contributed by atoms with Gasteiger partial charge in [-0.05, 0) is 31.0 Å². The van der Waals surface area contributed by atoms with E-state index in [0.717, 1.165) is 11.1 Å². The maximum Gasteiger partial charge on any atom is 0.317 e. The number of hydrogen-bond acceptors (Lipinski definition) is 4. The molecule has 5 heteroatoms. The molecule has 0 aliphatic carbocycles. The van der Waals surface area contributed by atoms with Crippen LogP contribution in [0.1, 0.15) is 21.5 Å². The fourth-order valence-corrected chi connectivity index (χ4v) is 1.81. The molecule has 0 spiro atoms. The fourth-order valence-electron chi connectivity index (χ4n) is 1.81. The number of aryl methyl sites for hydroxylation is 2. The monoisotopic (exact) mass is 251 g/mol. The van der Waals surface area contributed by atoms with Crippen molar-refractivity contribution in [2.24, 2.45) is 0 Å². The summed E-state index contributed by atoms with van der Waals surface area (Å²) < 4.78 is 5.21. The van der Waals surface area contributed by atoms with Gasteiger partial charge in [-0.2, -0.15) is 0 Å². The van der Waals surface area contributed by atoms with Gasteiger partial charge in [-0.1, -0.05) is 6.07 Å². The number of benzene rings is 1. The van der Waals surface area contributed by atoms with Crippen molar-refractivity contribution in [3.05, 3.63) is 28.8 Å². The highest BCUT2D eigenvalue weighted by Gasteiger charge is 2.15. The number of ketones is 1. The van der Waals surface area contributed by atoms with Crippen molar-refractivity contribution >= 4 is 11.8 Å². The molecular formula is C13H17NO4. The molecule has 0 heterocycles. The lowest BCUT2D eigenvalue weighted by Crippen LogP contribution is -2.28. The third-order valence-corrected chi connectivity index (χ3v) is 2.49. The quantitative estimate of drug-likeness (QED) is 0.742. The van der Waals surface area contributed by atoms with E-state index >= 15 is 0 Å². The van der Waals surface area contributed by atoms with Crippen LogP contribution in [0.25, 0.3) is 0 Å². The van der Waals surface area contributed by atoms with E-state index < -0.39 is 5.97 Å². The molecule has 0 unspecified atom stereocenters. The topological polar surface area (TPSA) is 75.6 Å². The first kappa shape index (κ1) is 14.2. The largest absolute Gasteiger partial charge is 0.496 e. The average molecular weight is 251 g/mol. The number of Topliss-reactive ketones (excluding diaryl/α,β-unsaturated/α-hetero) is 1. The smallest absolute Gasteiger partial charge is 0.317 e. The van der Waals surface area contributed by atoms with Crippen LogP contribution in [-0.2, 0) is 4.79 Å². The Bertz CT molecular complexity index is 468. The van der Waals surface area contributed by atoms with Crippen molar-refractivity contribution in [1.82, 2.24) is 5.32 Å². The molecule has 0 bridgehead atoms. The van der Waals surface area contributed by atoms with E-state index in [1.165, 1.54) is 7.11 Å². The zero-order valence-corrected chi connectivity index (χ0v) is 10.7. The molecule has 0 atom stereocenters. The molecule has 2 N–H and O–H groups in total. The Morgan fingerprint density at radius 2 is 1.94 bits per heavy atom. The normalized spacial score (nSPS) is 10.2. The Balaban J connectivity index is 2.87. The lowest BCUT2D eigenvalue weighted by molar-refractivity contribution is -0.135. The first-order valence-corrected chi connectivity index (χ1v) is 5.56. The van der Waals surface area contributed by atoms with Gasteiger partial charge in [0.1, 0.15) is 5.75 Å². The van der Waals surface area contributed by atoms with Crippen molar-refractivity contribution in [2.45, 2.75) is 13.8 Å². The zero-order chi connectivity index (χ0) is 13.7. The summed E-state index contributed by atoms with van der Waals surface area (Å²) in [5.41, 5.74) is 2.34. The van der Waals surface area contributed by atoms with Gasteiger partial charge in [0.2, 0.25) is 0 Å². The Morgan fingerprint density at radius 3 is 2.50 bits per heavy atom. The number of carboxylic acids is 1. The standard InChI is InChI=1S/C13H17NO4/c1-8-4-9(2)13(18-3)10(5-8)11(15)6-14-7-12(16)17/h4-5,14H,6-7H2,1-3H3,(H,16,17). The summed E-state index contributed by atoms with van der Waals surface area (Å²) in [5, 5.41) is 11.1. The number of hydrogen-bond donors (Lipinski definition) is 2. The highest BCUT2D eigenvalue weighted by Crippen LogP contribution is 2.25. The predicted octanol–water partition coefficient (Wildman–Crippen LogP) is 1.17. The highest BCUT2D eigenvalue weighted by molar-refractivity contribution is 6.00. The summed E-state index contributed by atoms with van der Waals surface area (Å²) in [5.74, 6) is -0.627. The second kappa shape index (κ2) is 6.16. The SMILES string of the molecule is COc1c(C)cc(C)cc1C(=O)CNCC(=O)O. The Morgan fingerprint density at radius 1 is 1.28 bits per heavy atom. The van der Waals surface area contributed by atoms with Crippen LogP contribution < -0.4 is 10.1 Å². The fraction of sp³-hybridized carbons (Fsp3) is 0.385. The summed E-state index contributed by atoms with van der Waals surface area (Å²) in [6.07, 6.45) is 0. The summed E-state index contributed by atoms with van der Waals surface area (Å²) in [6, 6.07) is 3.68. The third kappa shape index (κ3) is 3.56. The number of aliphatic carboxylic acids is 1. The van der Waals surface area contributed by atoms with Crippen molar-refractivity contribution in [3.63, 3.8) is 0 Å². The van der Waals surface area contributed by atoms with Gasteiger partial charge in [0.05, 0.1) is 25.8 Å². The van der Waals surface area contributed by atoms with E-state index in [9.17, 15) is 9.59 Å². The Labute approximate surface area is 106 Å². The number of rotatable bonds is 6. The van der Waals surface area contributed by atoms with E-state index in [1.807, 2.05) is 19.9 Å². The average Bonchev–Trinajstić information content (AvgIpc) is 2.27. The van der Waals surface area contributed by atoms with Gasteiger partial charge in [-0.25, -0.2) is 0 Å². The number of carbonyl (C=O) groups excluding carboxylic acids is 1. The van der Waals surface area contributed by atoms with Gasteiger partial charge in [0.15, 0.2) is 5.78 Å². The molecule has 1 rings (SSSR count). The first-order valence-electron chi connectivity index (χ1n) is 5.56. The summed E-state index contributed by atoms with van der Waals surface area (Å²) in [6.45, 7) is 3.51. The molecule has 18 heavy (non-hydrogen) atoms. The molecular weight excluding hydrogens is 234 g/mol. The van der Waals surface area contributed by atoms with E-state index in [2.05, 4.69) is 5.32 Å². The molecule has 0 fully saturated rings. The summed E-state index contributed by atoms with van der Waals surface area (Å²) in [7, 11) is 1.51. The lowest BCUT2D eigenvalue weighted by Gasteiger charge is -2.12. The molecule has 98 valence electrons. The number of methoxy groups -OCH3 is 1. The van der Waals surface area contributed by atoms with Crippen LogP contribution in [0.4, 0.5) is 0 Å². The minimum absolute atomic E-state index is 0.0223. The van der Waals surface area contributed by atoms with Gasteiger partial charge in [-0.3, -0.25) is 14.9 Å². The minimum atomic E-state index is -0.991. The van der Waals surface area contributed by atoms with Crippen LogP contribution in [0.3, 0.4) is 0 Å². The van der Waals surface area contributed by atoms with E-state index in [4.69, 9.17) is 9.84 Å². The second-order valence-corrected chi connectivity index (χ2v) is 4.08. The molecule has 0 radical (unpaired) electrons. The molecule has 0 saturated heterocycles. The number of carboxylic acid groups (broad SMARTS) is 1. The van der Waals surface area contributed by atoms with E-state index in [-0.39, 0.29) is 18.9 Å². The molecule has 0 aliphatic heterocycles. The molecule has 1 aromatic rings. The summed E-state index contributed by atoms with van der Waals surface area (Å²) >= 11 is 0. The zero-order valence-electron chi connectivity index (χ0n) is 10.7. The van der Waals surface area contributed by atoms with Gasteiger partial charge in [0.25, 0.3) is 0 Å². The maximum absolute atomic E-state index is 12.0. The van der Waals surface area contributed by atoms with E-state index in [0.29, 0.717) is 11.3 Å². The maximum atomic E-state index is 12.0. The van der Waals surface area contributed by atoms with Crippen LogP contribution in [0.2, 0.25) is 0 Å². The van der Waals surface area contributed by atoms with Gasteiger partial charge < -0.3 is 9.84 Å². The Kier molecular flexibility index (Phi) is 4.85. The van der Waals surface area contributed by atoms with Crippen molar-refractivity contribution in [3.8, 4) is 5.75 Å².